The third-order valence-corrected chi connectivity index (χ3v) is 3.21. The number of hydrogen-bond acceptors (Lipinski definition) is 2. The molecule has 1 aromatic carbocycles. The highest BCUT2D eigenvalue weighted by atomic mass is 35.5. The Kier molecular flexibility index (Phi) is 5.04. The first-order valence-electron chi connectivity index (χ1n) is 5.34. The summed E-state index contributed by atoms with van der Waals surface area (Å²) in [5.74, 6) is -0.971. The van der Waals surface area contributed by atoms with E-state index in [4.69, 9.17) is 29.6 Å². The zero-order valence-electron chi connectivity index (χ0n) is 10.1. The standard InChI is InChI=1S/C12H14ClFN2OS/c1-7(6-10(15)18)16(2)12(17)8-4-3-5-9(14)11(8)13/h3-5,7H,6H2,1-2H3,(H2,15,18). The fourth-order valence-electron chi connectivity index (χ4n) is 1.49. The summed E-state index contributed by atoms with van der Waals surface area (Å²) < 4.78 is 13.3. The zero-order chi connectivity index (χ0) is 13.9. The molecule has 1 aromatic rings. The zero-order valence-corrected chi connectivity index (χ0v) is 11.7. The highest BCUT2D eigenvalue weighted by Crippen LogP contribution is 2.21. The minimum atomic E-state index is -0.613. The summed E-state index contributed by atoms with van der Waals surface area (Å²) in [7, 11) is 1.60. The van der Waals surface area contributed by atoms with Gasteiger partial charge in [0.1, 0.15) is 5.82 Å². The SMILES string of the molecule is CC(CC(N)=S)N(C)C(=O)c1cccc(F)c1Cl. The number of benzene rings is 1. The van der Waals surface area contributed by atoms with Crippen LogP contribution < -0.4 is 5.73 Å². The molecule has 0 saturated heterocycles. The summed E-state index contributed by atoms with van der Waals surface area (Å²) >= 11 is 10.6. The molecular formula is C12H14ClFN2OS. The van der Waals surface area contributed by atoms with Gasteiger partial charge in [-0.1, -0.05) is 29.9 Å². The molecule has 0 heterocycles. The van der Waals surface area contributed by atoms with Crippen molar-refractivity contribution >= 4 is 34.7 Å². The maximum atomic E-state index is 13.3. The second kappa shape index (κ2) is 6.11. The van der Waals surface area contributed by atoms with Crippen molar-refractivity contribution in [3.63, 3.8) is 0 Å². The van der Waals surface area contributed by atoms with E-state index in [2.05, 4.69) is 0 Å². The summed E-state index contributed by atoms with van der Waals surface area (Å²) in [5.41, 5.74) is 5.56. The van der Waals surface area contributed by atoms with Gasteiger partial charge in [0.15, 0.2) is 0 Å². The van der Waals surface area contributed by atoms with Crippen LogP contribution in [-0.4, -0.2) is 28.9 Å². The van der Waals surface area contributed by atoms with Gasteiger partial charge >= 0.3 is 0 Å². The number of hydrogen-bond donors (Lipinski definition) is 1. The Morgan fingerprint density at radius 1 is 1.61 bits per heavy atom. The fraction of sp³-hybridized carbons (Fsp3) is 0.333. The molecule has 0 fully saturated rings. The molecule has 0 bridgehead atoms. The van der Waals surface area contributed by atoms with Gasteiger partial charge < -0.3 is 10.6 Å². The number of carbonyl (C=O) groups is 1. The first-order valence-corrected chi connectivity index (χ1v) is 6.12. The van der Waals surface area contributed by atoms with E-state index in [0.717, 1.165) is 0 Å². The number of thiocarbonyl (C=S) groups is 1. The van der Waals surface area contributed by atoms with Gasteiger partial charge in [-0.15, -0.1) is 0 Å². The van der Waals surface area contributed by atoms with Crippen molar-refractivity contribution in [3.8, 4) is 0 Å². The highest BCUT2D eigenvalue weighted by Gasteiger charge is 2.21. The van der Waals surface area contributed by atoms with Crippen LogP contribution in [-0.2, 0) is 0 Å². The Morgan fingerprint density at radius 3 is 2.78 bits per heavy atom. The van der Waals surface area contributed by atoms with E-state index in [9.17, 15) is 9.18 Å². The van der Waals surface area contributed by atoms with Crippen molar-refractivity contribution in [3.05, 3.63) is 34.6 Å². The molecule has 0 aliphatic heterocycles. The molecule has 1 amide bonds. The van der Waals surface area contributed by atoms with Gasteiger partial charge in [-0.2, -0.15) is 0 Å². The van der Waals surface area contributed by atoms with Crippen LogP contribution in [0.4, 0.5) is 4.39 Å². The lowest BCUT2D eigenvalue weighted by atomic mass is 10.1. The second-order valence-electron chi connectivity index (χ2n) is 4.04. The van der Waals surface area contributed by atoms with Gasteiger partial charge in [-0.3, -0.25) is 4.79 Å². The summed E-state index contributed by atoms with van der Waals surface area (Å²) in [5, 5.41) is -0.170. The maximum Gasteiger partial charge on any atom is 0.255 e. The average molecular weight is 289 g/mol. The maximum absolute atomic E-state index is 13.3. The number of nitrogens with zero attached hydrogens (tertiary/aromatic N) is 1. The molecule has 18 heavy (non-hydrogen) atoms. The molecule has 1 atom stereocenters. The van der Waals surface area contributed by atoms with Crippen molar-refractivity contribution in [1.82, 2.24) is 4.90 Å². The van der Waals surface area contributed by atoms with E-state index >= 15 is 0 Å². The lowest BCUT2D eigenvalue weighted by molar-refractivity contribution is 0.0748. The number of rotatable bonds is 4. The molecule has 98 valence electrons. The minimum Gasteiger partial charge on any atom is -0.393 e. The van der Waals surface area contributed by atoms with Gasteiger partial charge in [0.05, 0.1) is 15.6 Å². The topological polar surface area (TPSA) is 46.3 Å². The van der Waals surface area contributed by atoms with Crippen molar-refractivity contribution in [2.24, 2.45) is 5.73 Å². The lowest BCUT2D eigenvalue weighted by Crippen LogP contribution is -2.37. The first kappa shape index (κ1) is 14.9. The van der Waals surface area contributed by atoms with Crippen LogP contribution in [0.5, 0.6) is 0 Å². The van der Waals surface area contributed by atoms with Gasteiger partial charge in [-0.05, 0) is 19.1 Å². The molecule has 0 aromatic heterocycles. The van der Waals surface area contributed by atoms with Gasteiger partial charge in [0.2, 0.25) is 0 Å². The molecule has 1 rings (SSSR count). The Balaban J connectivity index is 2.93. The normalized spacial score (nSPS) is 12.0. The van der Waals surface area contributed by atoms with E-state index in [1.807, 2.05) is 6.92 Å². The Bertz CT molecular complexity index is 481. The van der Waals surface area contributed by atoms with Crippen LogP contribution >= 0.6 is 23.8 Å². The fourth-order valence-corrected chi connectivity index (χ4v) is 1.94. The van der Waals surface area contributed by atoms with Gasteiger partial charge in [-0.25, -0.2) is 4.39 Å². The van der Waals surface area contributed by atoms with Gasteiger partial charge in [0.25, 0.3) is 5.91 Å². The molecule has 0 aliphatic rings. The van der Waals surface area contributed by atoms with Crippen molar-refractivity contribution in [2.75, 3.05) is 7.05 Å². The van der Waals surface area contributed by atoms with Crippen LogP contribution in [0.3, 0.4) is 0 Å². The number of amides is 1. The number of halogens is 2. The second-order valence-corrected chi connectivity index (χ2v) is 4.94. The van der Waals surface area contributed by atoms with Crippen LogP contribution in [0.1, 0.15) is 23.7 Å². The number of nitrogens with two attached hydrogens (primary N) is 1. The molecule has 0 radical (unpaired) electrons. The smallest absolute Gasteiger partial charge is 0.255 e. The lowest BCUT2D eigenvalue weighted by Gasteiger charge is -2.25. The monoisotopic (exact) mass is 288 g/mol. The van der Waals surface area contributed by atoms with E-state index in [-0.39, 0.29) is 22.5 Å². The summed E-state index contributed by atoms with van der Waals surface area (Å²) in [6.07, 6.45) is 0.407. The molecule has 0 spiro atoms. The predicted molar refractivity (Wildman–Crippen MR) is 74.4 cm³/mol. The summed E-state index contributed by atoms with van der Waals surface area (Å²) in [4.78, 5) is 13.9. The molecular weight excluding hydrogens is 275 g/mol. The predicted octanol–water partition coefficient (Wildman–Crippen LogP) is 2.62. The van der Waals surface area contributed by atoms with E-state index in [1.165, 1.54) is 23.1 Å². The molecule has 2 N–H and O–H groups in total. The van der Waals surface area contributed by atoms with E-state index < -0.39 is 5.82 Å². The number of carbonyl (C=O) groups excluding carboxylic acids is 1. The quantitative estimate of drug-likeness (QED) is 0.867. The molecule has 6 heteroatoms. The van der Waals surface area contributed by atoms with Crippen molar-refractivity contribution in [2.45, 2.75) is 19.4 Å². The van der Waals surface area contributed by atoms with Crippen LogP contribution in [0.15, 0.2) is 18.2 Å². The van der Waals surface area contributed by atoms with Crippen LogP contribution in [0, 0.1) is 5.82 Å². The van der Waals surface area contributed by atoms with E-state index in [0.29, 0.717) is 11.4 Å². The van der Waals surface area contributed by atoms with Crippen LogP contribution in [0.2, 0.25) is 5.02 Å². The summed E-state index contributed by atoms with van der Waals surface area (Å²) in [6, 6.07) is 3.96. The Hall–Kier alpha value is -1.20. The summed E-state index contributed by atoms with van der Waals surface area (Å²) in [6.45, 7) is 1.81. The van der Waals surface area contributed by atoms with Crippen molar-refractivity contribution in [1.29, 1.82) is 0 Å². The largest absolute Gasteiger partial charge is 0.393 e. The van der Waals surface area contributed by atoms with Crippen LogP contribution in [0.25, 0.3) is 0 Å². The highest BCUT2D eigenvalue weighted by molar-refractivity contribution is 7.80. The third-order valence-electron chi connectivity index (χ3n) is 2.66. The molecule has 3 nitrogen and oxygen atoms in total. The Morgan fingerprint density at radius 2 is 2.22 bits per heavy atom. The first-order chi connectivity index (χ1) is 8.34. The third kappa shape index (κ3) is 3.40. The molecule has 1 unspecified atom stereocenters. The average Bonchev–Trinajstić information content (AvgIpc) is 2.30. The van der Waals surface area contributed by atoms with Crippen molar-refractivity contribution < 1.29 is 9.18 Å². The minimum absolute atomic E-state index is 0.133. The van der Waals surface area contributed by atoms with Gasteiger partial charge in [0, 0.05) is 19.5 Å². The molecule has 0 aliphatic carbocycles. The van der Waals surface area contributed by atoms with E-state index in [1.54, 1.807) is 7.05 Å². The molecule has 0 saturated carbocycles. The Labute approximate surface area is 116 Å².